The molecule has 0 saturated heterocycles. The molecule has 134 valence electrons. The van der Waals surface area contributed by atoms with Gasteiger partial charge in [-0.3, -0.25) is 10.4 Å². The van der Waals surface area contributed by atoms with Crippen LogP contribution >= 0.6 is 0 Å². The molecule has 5 rings (SSSR count). The molecule has 8 nitrogen and oxygen atoms in total. The van der Waals surface area contributed by atoms with E-state index in [1.54, 1.807) is 0 Å². The van der Waals surface area contributed by atoms with Gasteiger partial charge in [-0.1, -0.05) is 6.07 Å². The highest BCUT2D eigenvalue weighted by Gasteiger charge is 2.32. The number of aliphatic hydroxyl groups is 1. The number of nitrogens with one attached hydrogen (secondary N) is 3. The van der Waals surface area contributed by atoms with Crippen molar-refractivity contribution in [3.8, 4) is 5.88 Å². The summed E-state index contributed by atoms with van der Waals surface area (Å²) in [6, 6.07) is 7.62. The van der Waals surface area contributed by atoms with Crippen molar-refractivity contribution in [2.24, 2.45) is 5.92 Å². The van der Waals surface area contributed by atoms with Crippen LogP contribution in [0.3, 0.4) is 0 Å². The second-order valence-electron chi connectivity index (χ2n) is 6.57. The van der Waals surface area contributed by atoms with E-state index in [1.165, 1.54) is 0 Å². The lowest BCUT2D eigenvalue weighted by molar-refractivity contribution is -0.136. The van der Waals surface area contributed by atoms with E-state index in [9.17, 15) is 5.11 Å². The Morgan fingerprint density at radius 1 is 1.20 bits per heavy atom. The minimum absolute atomic E-state index is 0.461. The zero-order chi connectivity index (χ0) is 17.1. The van der Waals surface area contributed by atoms with Crippen molar-refractivity contribution in [1.29, 1.82) is 0 Å². The van der Waals surface area contributed by atoms with Crippen LogP contribution in [0.4, 0.5) is 11.6 Å². The SMILES string of the molecule is OC1NCCCOc2cccc(n2)Nc2cc([nH]n2)[C@H]2C[C@H](CO1)C2. The maximum absolute atomic E-state index is 9.82. The van der Waals surface area contributed by atoms with Crippen LogP contribution in [-0.2, 0) is 4.74 Å². The second kappa shape index (κ2) is 7.38. The fraction of sp³-hybridized carbons (Fsp3) is 0.529. The van der Waals surface area contributed by atoms with Gasteiger partial charge in [-0.25, -0.2) is 0 Å². The topological polar surface area (TPSA) is 104 Å². The lowest BCUT2D eigenvalue weighted by atomic mass is 9.74. The lowest BCUT2D eigenvalue weighted by Crippen LogP contribution is -2.36. The zero-order valence-electron chi connectivity index (χ0n) is 13.9. The summed E-state index contributed by atoms with van der Waals surface area (Å²) in [4.78, 5) is 4.43. The molecule has 1 saturated carbocycles. The minimum Gasteiger partial charge on any atom is -0.478 e. The summed E-state index contributed by atoms with van der Waals surface area (Å²) in [5, 5.41) is 23.4. The fourth-order valence-electron chi connectivity index (χ4n) is 3.19. The fourth-order valence-corrected chi connectivity index (χ4v) is 3.19. The summed E-state index contributed by atoms with van der Waals surface area (Å²) in [6.45, 7) is 1.68. The molecule has 0 aromatic carbocycles. The number of pyridine rings is 1. The summed E-state index contributed by atoms with van der Waals surface area (Å²) in [6.07, 6.45) is 1.89. The summed E-state index contributed by atoms with van der Waals surface area (Å²) in [5.41, 5.74) is 1.12. The van der Waals surface area contributed by atoms with Gasteiger partial charge in [0.1, 0.15) is 5.82 Å². The largest absolute Gasteiger partial charge is 0.478 e. The van der Waals surface area contributed by atoms with Crippen molar-refractivity contribution in [3.05, 3.63) is 30.0 Å². The van der Waals surface area contributed by atoms with E-state index in [2.05, 4.69) is 25.8 Å². The Bertz CT molecular complexity index is 701. The standard InChI is InChI=1S/C17H23N5O3/c23-17-18-5-2-6-24-16-4-1-3-14(20-16)19-15-9-13(21-22-15)12-7-11(8-12)10-25-17/h1,3-4,9,11-12,17-18,23H,2,5-8,10H2,(H2,19,20,21,22)/t11-,12-,17?. The highest BCUT2D eigenvalue weighted by molar-refractivity contribution is 5.52. The van der Waals surface area contributed by atoms with E-state index >= 15 is 0 Å². The molecule has 0 spiro atoms. The monoisotopic (exact) mass is 345 g/mol. The number of H-pyrrole nitrogens is 1. The first-order valence-corrected chi connectivity index (χ1v) is 8.71. The average Bonchev–Trinajstić information content (AvgIpc) is 3.00. The Hall–Kier alpha value is -2.16. The Morgan fingerprint density at radius 2 is 2.12 bits per heavy atom. The van der Waals surface area contributed by atoms with Gasteiger partial charge in [0.15, 0.2) is 5.82 Å². The first kappa shape index (κ1) is 16.3. The number of nitrogens with zero attached hydrogens (tertiary/aromatic N) is 2. The molecule has 1 atom stereocenters. The number of hydrogen-bond donors (Lipinski definition) is 4. The predicted molar refractivity (Wildman–Crippen MR) is 91.6 cm³/mol. The molecule has 0 radical (unpaired) electrons. The van der Waals surface area contributed by atoms with Crippen molar-refractivity contribution in [1.82, 2.24) is 20.5 Å². The van der Waals surface area contributed by atoms with E-state index in [4.69, 9.17) is 9.47 Å². The van der Waals surface area contributed by atoms with E-state index in [1.807, 2.05) is 24.3 Å². The Morgan fingerprint density at radius 3 is 3.04 bits per heavy atom. The Labute approximate surface area is 145 Å². The van der Waals surface area contributed by atoms with Crippen LogP contribution in [0.5, 0.6) is 5.88 Å². The van der Waals surface area contributed by atoms with Gasteiger partial charge >= 0.3 is 0 Å². The van der Waals surface area contributed by atoms with E-state index in [0.717, 1.165) is 30.8 Å². The van der Waals surface area contributed by atoms with E-state index < -0.39 is 6.41 Å². The molecule has 1 unspecified atom stereocenters. The molecule has 0 amide bonds. The van der Waals surface area contributed by atoms with Crippen LogP contribution in [0, 0.1) is 5.92 Å². The van der Waals surface area contributed by atoms with Crippen molar-refractivity contribution in [2.45, 2.75) is 31.6 Å². The van der Waals surface area contributed by atoms with Gasteiger partial charge in [-0.15, -0.1) is 0 Å². The van der Waals surface area contributed by atoms with Gasteiger partial charge in [0.25, 0.3) is 0 Å². The van der Waals surface area contributed by atoms with Crippen molar-refractivity contribution in [3.63, 3.8) is 0 Å². The van der Waals surface area contributed by atoms with Gasteiger partial charge in [-0.05, 0) is 31.2 Å². The molecule has 2 aromatic rings. The molecule has 2 aromatic heterocycles. The lowest BCUT2D eigenvalue weighted by Gasteiger charge is -2.34. The molecule has 25 heavy (non-hydrogen) atoms. The Kier molecular flexibility index (Phi) is 4.82. The molecule has 3 aliphatic rings. The number of rotatable bonds is 0. The number of aromatic nitrogens is 3. The van der Waals surface area contributed by atoms with Gasteiger partial charge in [0.2, 0.25) is 12.3 Å². The van der Waals surface area contributed by atoms with Gasteiger partial charge in [0.05, 0.1) is 13.2 Å². The maximum atomic E-state index is 9.82. The molecular weight excluding hydrogens is 322 g/mol. The van der Waals surface area contributed by atoms with Crippen LogP contribution < -0.4 is 15.4 Å². The summed E-state index contributed by atoms with van der Waals surface area (Å²) in [7, 11) is 0. The molecule has 8 heteroatoms. The normalized spacial score (nSPS) is 27.2. The third-order valence-electron chi connectivity index (χ3n) is 4.63. The maximum Gasteiger partial charge on any atom is 0.215 e. The van der Waals surface area contributed by atoms with E-state index in [0.29, 0.717) is 43.3 Å². The molecule has 4 heterocycles. The number of hydrogen-bond acceptors (Lipinski definition) is 7. The molecule has 6 bridgehead atoms. The Balaban J connectivity index is 1.47. The summed E-state index contributed by atoms with van der Waals surface area (Å²) in [5.74, 6) is 2.94. The van der Waals surface area contributed by atoms with Crippen molar-refractivity contribution < 1.29 is 14.6 Å². The van der Waals surface area contributed by atoms with Crippen LogP contribution in [0.1, 0.15) is 30.9 Å². The van der Waals surface area contributed by atoms with Gasteiger partial charge in [0, 0.05) is 30.3 Å². The quantitative estimate of drug-likeness (QED) is 0.576. The number of aromatic amines is 1. The van der Waals surface area contributed by atoms with Crippen LogP contribution in [-0.4, -0.2) is 46.5 Å². The molecule has 1 fully saturated rings. The number of aliphatic hydroxyl groups excluding tert-OH is 1. The summed E-state index contributed by atoms with van der Waals surface area (Å²) < 4.78 is 11.1. The second-order valence-corrected chi connectivity index (χ2v) is 6.57. The van der Waals surface area contributed by atoms with Crippen molar-refractivity contribution in [2.75, 3.05) is 25.1 Å². The molecule has 1 aliphatic carbocycles. The number of anilines is 2. The minimum atomic E-state index is -0.928. The molecule has 2 aliphatic heterocycles. The van der Waals surface area contributed by atoms with Crippen molar-refractivity contribution >= 4 is 11.6 Å². The van der Waals surface area contributed by atoms with Crippen LogP contribution in [0.2, 0.25) is 0 Å². The van der Waals surface area contributed by atoms with Gasteiger partial charge < -0.3 is 19.9 Å². The zero-order valence-corrected chi connectivity index (χ0v) is 13.9. The van der Waals surface area contributed by atoms with E-state index in [-0.39, 0.29) is 0 Å². The first-order valence-electron chi connectivity index (χ1n) is 8.71. The summed E-state index contributed by atoms with van der Waals surface area (Å²) >= 11 is 0. The van der Waals surface area contributed by atoms with Crippen LogP contribution in [0.25, 0.3) is 0 Å². The number of fused-ring (bicyclic) bond motifs is 7. The van der Waals surface area contributed by atoms with Crippen LogP contribution in [0.15, 0.2) is 24.3 Å². The third-order valence-corrected chi connectivity index (χ3v) is 4.63. The highest BCUT2D eigenvalue weighted by atomic mass is 16.6. The molecule has 4 N–H and O–H groups in total. The highest BCUT2D eigenvalue weighted by Crippen LogP contribution is 2.41. The number of ether oxygens (including phenoxy) is 2. The third kappa shape index (κ3) is 4.09. The average molecular weight is 345 g/mol. The van der Waals surface area contributed by atoms with Gasteiger partial charge in [-0.2, -0.15) is 10.1 Å². The predicted octanol–water partition coefficient (Wildman–Crippen LogP) is 1.71. The molecular formula is C17H23N5O3. The smallest absolute Gasteiger partial charge is 0.215 e. The first-order chi connectivity index (χ1) is 12.3.